The minimum absolute atomic E-state index is 0.0350. The molecule has 0 aliphatic carbocycles. The van der Waals surface area contributed by atoms with Crippen LogP contribution < -0.4 is 5.32 Å². The highest BCUT2D eigenvalue weighted by Crippen LogP contribution is 2.28. The zero-order valence-electron chi connectivity index (χ0n) is 12.9. The molecule has 2 heterocycles. The Bertz CT molecular complexity index is 717. The van der Waals surface area contributed by atoms with Crippen molar-refractivity contribution in [2.24, 2.45) is 0 Å². The fraction of sp³-hybridized carbons (Fsp3) is 0.294. The smallest absolute Gasteiger partial charge is 0.126 e. The maximum atomic E-state index is 10.4. The van der Waals surface area contributed by atoms with Crippen LogP contribution >= 0.6 is 27.9 Å². The van der Waals surface area contributed by atoms with Gasteiger partial charge < -0.3 is 10.4 Å². The van der Waals surface area contributed by atoms with Crippen LogP contribution in [0.4, 0.5) is 5.82 Å². The Morgan fingerprint density at radius 1 is 1.29 bits per heavy atom. The Kier molecular flexibility index (Phi) is 5.74. The van der Waals surface area contributed by atoms with Crippen molar-refractivity contribution in [2.45, 2.75) is 23.5 Å². The minimum Gasteiger partial charge on any atom is -0.390 e. The second-order valence-corrected chi connectivity index (χ2v) is 7.67. The summed E-state index contributed by atoms with van der Waals surface area (Å²) in [4.78, 5) is 5.36. The molecule has 3 rings (SSSR count). The molecule has 1 aliphatic heterocycles. The molecule has 124 valence electrons. The Labute approximate surface area is 154 Å². The van der Waals surface area contributed by atoms with Crippen LogP contribution in [-0.2, 0) is 0 Å². The molecule has 1 aromatic carbocycles. The number of pyridine rings is 1. The molecular weight excluding hydrogens is 388 g/mol. The van der Waals surface area contributed by atoms with Gasteiger partial charge in [-0.3, -0.25) is 0 Å². The molecule has 1 aliphatic rings. The van der Waals surface area contributed by atoms with E-state index in [-0.39, 0.29) is 6.04 Å². The van der Waals surface area contributed by atoms with Crippen LogP contribution in [0.5, 0.6) is 0 Å². The molecule has 0 amide bonds. The lowest BCUT2D eigenvalue weighted by Crippen LogP contribution is -2.47. The molecule has 5 nitrogen and oxygen atoms in total. The van der Waals surface area contributed by atoms with E-state index in [4.69, 9.17) is 5.26 Å². The van der Waals surface area contributed by atoms with Gasteiger partial charge in [0.15, 0.2) is 0 Å². The molecule has 2 atom stereocenters. The number of β-amino-alcohol motifs (C(OH)–C–C–N with tert-alkyl or cyclic N) is 1. The van der Waals surface area contributed by atoms with Crippen molar-refractivity contribution in [3.8, 4) is 6.07 Å². The first-order valence-corrected chi connectivity index (χ1v) is 9.20. The first-order valence-electron chi connectivity index (χ1n) is 7.63. The van der Waals surface area contributed by atoms with Gasteiger partial charge in [-0.15, -0.1) is 0 Å². The van der Waals surface area contributed by atoms with Crippen LogP contribution in [0.25, 0.3) is 0 Å². The second-order valence-electron chi connectivity index (χ2n) is 5.58. The van der Waals surface area contributed by atoms with Crippen LogP contribution in [0.3, 0.4) is 0 Å². The van der Waals surface area contributed by atoms with E-state index < -0.39 is 6.10 Å². The molecule has 24 heavy (non-hydrogen) atoms. The van der Waals surface area contributed by atoms with Gasteiger partial charge in [0.1, 0.15) is 11.9 Å². The molecule has 1 aromatic heterocycles. The summed E-state index contributed by atoms with van der Waals surface area (Å²) in [5.74, 6) is 0.687. The van der Waals surface area contributed by atoms with E-state index in [2.05, 4.69) is 42.7 Å². The van der Waals surface area contributed by atoms with Gasteiger partial charge >= 0.3 is 0 Å². The molecular formula is C17H17BrN4OS. The molecule has 2 unspecified atom stereocenters. The maximum Gasteiger partial charge on any atom is 0.126 e. The number of nitriles is 1. The van der Waals surface area contributed by atoms with Crippen LogP contribution in [0, 0.1) is 11.3 Å². The number of halogens is 1. The molecule has 1 fully saturated rings. The van der Waals surface area contributed by atoms with Crippen LogP contribution in [0.2, 0.25) is 0 Å². The highest BCUT2D eigenvalue weighted by molar-refractivity contribution is 9.10. The van der Waals surface area contributed by atoms with E-state index in [1.54, 1.807) is 24.1 Å². The summed E-state index contributed by atoms with van der Waals surface area (Å²) in [6, 6.07) is 13.7. The van der Waals surface area contributed by atoms with Gasteiger partial charge in [0.25, 0.3) is 0 Å². The number of benzene rings is 1. The van der Waals surface area contributed by atoms with E-state index in [9.17, 15) is 5.11 Å². The number of nitrogens with zero attached hydrogens (tertiary/aromatic N) is 3. The van der Waals surface area contributed by atoms with Gasteiger partial charge in [-0.25, -0.2) is 9.29 Å². The van der Waals surface area contributed by atoms with Crippen molar-refractivity contribution in [2.75, 3.05) is 18.4 Å². The van der Waals surface area contributed by atoms with Crippen molar-refractivity contribution < 1.29 is 5.11 Å². The first-order chi connectivity index (χ1) is 11.6. The minimum atomic E-state index is -0.473. The Balaban J connectivity index is 1.54. The number of nitrogens with one attached hydrogen (secondary N) is 1. The number of aromatic nitrogens is 1. The lowest BCUT2D eigenvalue weighted by molar-refractivity contribution is 0.0992. The van der Waals surface area contributed by atoms with Crippen LogP contribution in [0.15, 0.2) is 52.0 Å². The van der Waals surface area contributed by atoms with Crippen molar-refractivity contribution in [3.05, 3.63) is 52.6 Å². The highest BCUT2D eigenvalue weighted by Gasteiger charge is 2.28. The van der Waals surface area contributed by atoms with Crippen LogP contribution in [-0.4, -0.2) is 39.6 Å². The van der Waals surface area contributed by atoms with Crippen molar-refractivity contribution in [1.29, 1.82) is 5.26 Å². The number of aliphatic hydroxyl groups excluding tert-OH is 1. The number of hydrogen-bond acceptors (Lipinski definition) is 6. The molecule has 7 heteroatoms. The maximum absolute atomic E-state index is 10.4. The largest absolute Gasteiger partial charge is 0.390 e. The van der Waals surface area contributed by atoms with E-state index >= 15 is 0 Å². The number of rotatable bonds is 4. The third-order valence-electron chi connectivity index (χ3n) is 3.82. The molecule has 0 radical (unpaired) electrons. The molecule has 1 saturated heterocycles. The monoisotopic (exact) mass is 404 g/mol. The summed E-state index contributed by atoms with van der Waals surface area (Å²) in [5.41, 5.74) is 0.529. The fourth-order valence-corrected chi connectivity index (χ4v) is 3.78. The van der Waals surface area contributed by atoms with Crippen LogP contribution in [0.1, 0.15) is 12.0 Å². The summed E-state index contributed by atoms with van der Waals surface area (Å²) < 4.78 is 3.24. The number of anilines is 1. The molecule has 0 bridgehead atoms. The fourth-order valence-electron chi connectivity index (χ4n) is 2.53. The second kappa shape index (κ2) is 7.99. The van der Waals surface area contributed by atoms with Gasteiger partial charge in [-0.1, -0.05) is 15.9 Å². The Morgan fingerprint density at radius 2 is 2.08 bits per heavy atom. The average Bonchev–Trinajstić information content (AvgIpc) is 2.60. The lowest BCUT2D eigenvalue weighted by Gasteiger charge is -2.35. The Hall–Kier alpha value is -1.59. The molecule has 0 saturated carbocycles. The van der Waals surface area contributed by atoms with Crippen molar-refractivity contribution in [1.82, 2.24) is 9.29 Å². The van der Waals surface area contributed by atoms with E-state index in [1.807, 2.05) is 18.2 Å². The number of hydrogen-bond donors (Lipinski definition) is 2. The summed E-state index contributed by atoms with van der Waals surface area (Å²) in [5, 5.41) is 22.5. The quantitative estimate of drug-likeness (QED) is 0.761. The normalized spacial score (nSPS) is 21.2. The number of aliphatic hydroxyl groups is 1. The van der Waals surface area contributed by atoms with E-state index in [1.165, 1.54) is 6.20 Å². The third-order valence-corrected chi connectivity index (χ3v) is 5.42. The predicted molar refractivity (Wildman–Crippen MR) is 98.6 cm³/mol. The van der Waals surface area contributed by atoms with E-state index in [0.29, 0.717) is 17.9 Å². The van der Waals surface area contributed by atoms with Gasteiger partial charge in [0.05, 0.1) is 17.7 Å². The molecule has 0 spiro atoms. The van der Waals surface area contributed by atoms with Gasteiger partial charge in [-0.05, 0) is 54.8 Å². The zero-order chi connectivity index (χ0) is 16.9. The predicted octanol–water partition coefficient (Wildman–Crippen LogP) is 3.27. The molecule has 2 aromatic rings. The summed E-state index contributed by atoms with van der Waals surface area (Å²) >= 11 is 5.10. The topological polar surface area (TPSA) is 72.2 Å². The first kappa shape index (κ1) is 17.2. The van der Waals surface area contributed by atoms with E-state index in [0.717, 1.165) is 22.3 Å². The number of piperidine rings is 1. The van der Waals surface area contributed by atoms with Gasteiger partial charge in [0, 0.05) is 28.7 Å². The van der Waals surface area contributed by atoms with Crippen molar-refractivity contribution in [3.63, 3.8) is 0 Å². The van der Waals surface area contributed by atoms with Crippen molar-refractivity contribution >= 4 is 33.7 Å². The summed E-state index contributed by atoms with van der Waals surface area (Å²) in [6.45, 7) is 1.47. The SMILES string of the molecule is N#Cc1ccc(NC2CCN(Sc3ccc(Br)cc3)CC2O)nc1. The zero-order valence-corrected chi connectivity index (χ0v) is 15.3. The summed E-state index contributed by atoms with van der Waals surface area (Å²) in [6.07, 6.45) is 1.89. The third kappa shape index (κ3) is 4.48. The Morgan fingerprint density at radius 3 is 2.71 bits per heavy atom. The summed E-state index contributed by atoms with van der Waals surface area (Å²) in [7, 11) is 0. The molecule has 2 N–H and O–H groups in total. The lowest BCUT2D eigenvalue weighted by atomic mass is 10.0. The van der Waals surface area contributed by atoms with Gasteiger partial charge in [0.2, 0.25) is 0 Å². The standard InChI is InChI=1S/C17H17BrN4OS/c18-13-2-4-14(5-3-13)24-22-8-7-15(16(23)11-22)21-17-6-1-12(9-19)10-20-17/h1-6,10,15-16,23H,7-8,11H2,(H,20,21). The highest BCUT2D eigenvalue weighted by atomic mass is 79.9. The average molecular weight is 405 g/mol. The van der Waals surface area contributed by atoms with Gasteiger partial charge in [-0.2, -0.15) is 5.26 Å².